The summed E-state index contributed by atoms with van der Waals surface area (Å²) in [7, 11) is 0. The second kappa shape index (κ2) is 4.69. The number of benzene rings is 2. The van der Waals surface area contributed by atoms with Gasteiger partial charge in [-0.3, -0.25) is 0 Å². The Balaban J connectivity index is 1.95. The molecule has 3 rings (SSSR count). The van der Waals surface area contributed by atoms with Crippen LogP contribution in [0.2, 0.25) is 0 Å². The van der Waals surface area contributed by atoms with Gasteiger partial charge in [-0.2, -0.15) is 0 Å². The molecule has 0 radical (unpaired) electrons. The van der Waals surface area contributed by atoms with Crippen molar-refractivity contribution in [3.8, 4) is 17.1 Å². The zero-order valence-electron chi connectivity index (χ0n) is 11.0. The molecular formula is C16H15N3. The fraction of sp³-hybridized carbons (Fsp3) is 0.125. The summed E-state index contributed by atoms with van der Waals surface area (Å²) in [6, 6.07) is 16.5. The van der Waals surface area contributed by atoms with Gasteiger partial charge in [-0.1, -0.05) is 47.5 Å². The van der Waals surface area contributed by atoms with Gasteiger partial charge in [-0.25, -0.2) is 9.67 Å². The van der Waals surface area contributed by atoms with Crippen molar-refractivity contribution in [3.63, 3.8) is 0 Å². The fourth-order valence-corrected chi connectivity index (χ4v) is 1.92. The summed E-state index contributed by atoms with van der Waals surface area (Å²) in [5.41, 5.74) is 4.54. The maximum absolute atomic E-state index is 4.52. The second-order valence-corrected chi connectivity index (χ2v) is 4.71. The number of aryl methyl sites for hydroxylation is 2. The summed E-state index contributed by atoms with van der Waals surface area (Å²) in [5, 5.41) is 4.52. The van der Waals surface area contributed by atoms with Crippen molar-refractivity contribution < 1.29 is 0 Å². The van der Waals surface area contributed by atoms with Gasteiger partial charge in [-0.05, 0) is 26.0 Å². The minimum Gasteiger partial charge on any atom is -0.220 e. The molecule has 0 spiro atoms. The molecule has 1 aromatic heterocycles. The van der Waals surface area contributed by atoms with Gasteiger partial charge in [0.05, 0.1) is 5.69 Å². The third-order valence-corrected chi connectivity index (χ3v) is 3.10. The normalized spacial score (nSPS) is 10.6. The topological polar surface area (TPSA) is 30.7 Å². The van der Waals surface area contributed by atoms with Crippen LogP contribution in [0, 0.1) is 13.8 Å². The van der Waals surface area contributed by atoms with Crippen LogP contribution in [0.15, 0.2) is 54.9 Å². The Kier molecular flexibility index (Phi) is 2.88. The maximum Gasteiger partial charge on any atom is 0.181 e. The second-order valence-electron chi connectivity index (χ2n) is 4.71. The molecule has 0 saturated heterocycles. The van der Waals surface area contributed by atoms with Crippen LogP contribution >= 0.6 is 0 Å². The third-order valence-electron chi connectivity index (χ3n) is 3.10. The summed E-state index contributed by atoms with van der Waals surface area (Å²) in [6.07, 6.45) is 1.75. The molecule has 0 amide bonds. The molecule has 0 aliphatic rings. The molecule has 19 heavy (non-hydrogen) atoms. The molecule has 0 fully saturated rings. The van der Waals surface area contributed by atoms with E-state index in [2.05, 4.69) is 48.2 Å². The van der Waals surface area contributed by atoms with E-state index in [0.29, 0.717) is 0 Å². The predicted molar refractivity (Wildman–Crippen MR) is 76.3 cm³/mol. The van der Waals surface area contributed by atoms with Gasteiger partial charge in [0.15, 0.2) is 5.82 Å². The number of aromatic nitrogens is 3. The lowest BCUT2D eigenvalue weighted by molar-refractivity contribution is 0.881. The molecular weight excluding hydrogens is 234 g/mol. The van der Waals surface area contributed by atoms with E-state index in [1.165, 1.54) is 11.1 Å². The van der Waals surface area contributed by atoms with E-state index in [1.807, 2.05) is 24.3 Å². The molecule has 0 bridgehead atoms. The van der Waals surface area contributed by atoms with Crippen LogP contribution in [-0.2, 0) is 0 Å². The molecule has 94 valence electrons. The van der Waals surface area contributed by atoms with E-state index >= 15 is 0 Å². The minimum absolute atomic E-state index is 0.751. The van der Waals surface area contributed by atoms with Gasteiger partial charge in [-0.15, -0.1) is 5.10 Å². The zero-order chi connectivity index (χ0) is 13.2. The third kappa shape index (κ3) is 2.40. The molecule has 0 N–H and O–H groups in total. The van der Waals surface area contributed by atoms with E-state index in [1.54, 1.807) is 11.0 Å². The van der Waals surface area contributed by atoms with Crippen LogP contribution in [0.1, 0.15) is 11.1 Å². The maximum atomic E-state index is 4.52. The predicted octanol–water partition coefficient (Wildman–Crippen LogP) is 3.55. The van der Waals surface area contributed by atoms with Gasteiger partial charge < -0.3 is 0 Å². The van der Waals surface area contributed by atoms with Crippen molar-refractivity contribution in [1.82, 2.24) is 14.8 Å². The lowest BCUT2D eigenvalue weighted by atomic mass is 10.1. The number of hydrogen-bond donors (Lipinski definition) is 0. The van der Waals surface area contributed by atoms with Gasteiger partial charge in [0, 0.05) is 5.56 Å². The van der Waals surface area contributed by atoms with Crippen molar-refractivity contribution in [1.29, 1.82) is 0 Å². The number of rotatable bonds is 2. The summed E-state index contributed by atoms with van der Waals surface area (Å²) in [6.45, 7) is 4.14. The first-order valence-electron chi connectivity index (χ1n) is 6.28. The average Bonchev–Trinajstić information content (AvgIpc) is 2.90. The number of nitrogens with zero attached hydrogens (tertiary/aromatic N) is 3. The first kappa shape index (κ1) is 11.7. The van der Waals surface area contributed by atoms with Gasteiger partial charge in [0.2, 0.25) is 0 Å². The molecule has 0 saturated carbocycles. The molecule has 1 heterocycles. The summed E-state index contributed by atoms with van der Waals surface area (Å²) in [4.78, 5) is 4.37. The fourth-order valence-electron chi connectivity index (χ4n) is 1.92. The van der Waals surface area contributed by atoms with Gasteiger partial charge in [0.25, 0.3) is 0 Å². The average molecular weight is 249 g/mol. The SMILES string of the molecule is Cc1ccc(-c2ncn(-c3ccc(C)cc3)n2)cc1. The number of hydrogen-bond acceptors (Lipinski definition) is 2. The Morgan fingerprint density at radius 3 is 2.00 bits per heavy atom. The first-order valence-corrected chi connectivity index (χ1v) is 6.28. The molecule has 0 unspecified atom stereocenters. The molecule has 0 aliphatic carbocycles. The van der Waals surface area contributed by atoms with Crippen molar-refractivity contribution in [3.05, 3.63) is 66.0 Å². The Morgan fingerprint density at radius 2 is 1.37 bits per heavy atom. The van der Waals surface area contributed by atoms with Crippen LogP contribution < -0.4 is 0 Å². The van der Waals surface area contributed by atoms with Gasteiger partial charge in [0.1, 0.15) is 6.33 Å². The van der Waals surface area contributed by atoms with Crippen LogP contribution in [0.3, 0.4) is 0 Å². The summed E-state index contributed by atoms with van der Waals surface area (Å²) >= 11 is 0. The molecule has 0 atom stereocenters. The lowest BCUT2D eigenvalue weighted by Gasteiger charge is -2.00. The minimum atomic E-state index is 0.751. The highest BCUT2D eigenvalue weighted by Gasteiger charge is 2.05. The van der Waals surface area contributed by atoms with Crippen molar-refractivity contribution >= 4 is 0 Å². The van der Waals surface area contributed by atoms with Gasteiger partial charge >= 0.3 is 0 Å². The highest BCUT2D eigenvalue weighted by Crippen LogP contribution is 2.16. The first-order chi connectivity index (χ1) is 9.22. The Hall–Kier alpha value is -2.42. The van der Waals surface area contributed by atoms with E-state index in [9.17, 15) is 0 Å². The molecule has 0 aliphatic heterocycles. The Bertz CT molecular complexity index is 619. The van der Waals surface area contributed by atoms with E-state index in [-0.39, 0.29) is 0 Å². The van der Waals surface area contributed by atoms with Crippen LogP contribution in [0.4, 0.5) is 0 Å². The summed E-state index contributed by atoms with van der Waals surface area (Å²) in [5.74, 6) is 0.751. The lowest BCUT2D eigenvalue weighted by Crippen LogP contribution is -1.94. The van der Waals surface area contributed by atoms with Crippen molar-refractivity contribution in [2.45, 2.75) is 13.8 Å². The Morgan fingerprint density at radius 1 is 0.789 bits per heavy atom. The summed E-state index contributed by atoms with van der Waals surface area (Å²) < 4.78 is 1.80. The van der Waals surface area contributed by atoms with E-state index in [4.69, 9.17) is 0 Å². The highest BCUT2D eigenvalue weighted by molar-refractivity contribution is 5.55. The van der Waals surface area contributed by atoms with E-state index in [0.717, 1.165) is 17.1 Å². The highest BCUT2D eigenvalue weighted by atomic mass is 15.3. The van der Waals surface area contributed by atoms with Crippen molar-refractivity contribution in [2.24, 2.45) is 0 Å². The zero-order valence-corrected chi connectivity index (χ0v) is 11.0. The van der Waals surface area contributed by atoms with Crippen LogP contribution in [0.5, 0.6) is 0 Å². The monoisotopic (exact) mass is 249 g/mol. The van der Waals surface area contributed by atoms with Crippen LogP contribution in [0.25, 0.3) is 17.1 Å². The standard InChI is InChI=1S/C16H15N3/c1-12-3-7-14(8-4-12)16-17-11-19(18-16)15-9-5-13(2)6-10-15/h3-11H,1-2H3. The smallest absolute Gasteiger partial charge is 0.181 e. The molecule has 3 aromatic rings. The largest absolute Gasteiger partial charge is 0.220 e. The Labute approximate surface area is 112 Å². The molecule has 3 heteroatoms. The van der Waals surface area contributed by atoms with Crippen molar-refractivity contribution in [2.75, 3.05) is 0 Å². The molecule has 2 aromatic carbocycles. The quantitative estimate of drug-likeness (QED) is 0.695. The van der Waals surface area contributed by atoms with Crippen LogP contribution in [-0.4, -0.2) is 14.8 Å². The molecule has 3 nitrogen and oxygen atoms in total. The van der Waals surface area contributed by atoms with E-state index < -0.39 is 0 Å².